The average Bonchev–Trinajstić information content (AvgIpc) is 2.95. The summed E-state index contributed by atoms with van der Waals surface area (Å²) >= 11 is 0. The molecule has 0 fully saturated rings. The van der Waals surface area contributed by atoms with E-state index in [1.54, 1.807) is 6.20 Å². The summed E-state index contributed by atoms with van der Waals surface area (Å²) in [5, 5.41) is 5.63. The van der Waals surface area contributed by atoms with E-state index in [1.165, 1.54) is 22.2 Å². The van der Waals surface area contributed by atoms with E-state index in [-0.39, 0.29) is 0 Å². The summed E-state index contributed by atoms with van der Waals surface area (Å²) in [4.78, 5) is 13.3. The topological polar surface area (TPSA) is 50.3 Å². The molecule has 0 bridgehead atoms. The first-order valence-electron chi connectivity index (χ1n) is 7.60. The number of para-hydroxylation sites is 1. The second-order valence-electron chi connectivity index (χ2n) is 5.51. The zero-order valence-corrected chi connectivity index (χ0v) is 12.2. The number of aromatic amines is 1. The molecule has 4 heteroatoms. The highest BCUT2D eigenvalue weighted by molar-refractivity contribution is 6.12. The van der Waals surface area contributed by atoms with Crippen LogP contribution in [-0.2, 0) is 17.9 Å². The van der Waals surface area contributed by atoms with Crippen LogP contribution in [0.1, 0.15) is 29.8 Å². The van der Waals surface area contributed by atoms with E-state index in [9.17, 15) is 0 Å². The summed E-state index contributed by atoms with van der Waals surface area (Å²) in [7, 11) is 0. The molecule has 22 heavy (non-hydrogen) atoms. The molecule has 0 atom stereocenters. The number of aromatic nitrogens is 2. The van der Waals surface area contributed by atoms with Gasteiger partial charge in [0.15, 0.2) is 6.61 Å². The summed E-state index contributed by atoms with van der Waals surface area (Å²) < 4.78 is 0. The lowest BCUT2D eigenvalue weighted by molar-refractivity contribution is 0.127. The minimum atomic E-state index is 0.405. The van der Waals surface area contributed by atoms with Gasteiger partial charge in [-0.15, -0.1) is 0 Å². The molecule has 1 aliphatic rings. The fourth-order valence-corrected chi connectivity index (χ4v) is 3.02. The third-order valence-corrected chi connectivity index (χ3v) is 4.03. The minimum absolute atomic E-state index is 0.405. The maximum Gasteiger partial charge on any atom is 0.159 e. The van der Waals surface area contributed by atoms with Crippen LogP contribution in [0.3, 0.4) is 0 Å². The van der Waals surface area contributed by atoms with Crippen LogP contribution in [0, 0.1) is 0 Å². The third kappa shape index (κ3) is 2.37. The molecular weight excluding hydrogens is 274 g/mol. The zero-order chi connectivity index (χ0) is 14.8. The molecule has 1 aliphatic carbocycles. The molecule has 2 aromatic heterocycles. The SMILES string of the molecule is c1ccc(CON=C2CCCc3[nH]c4ccccc4c32)nc1. The summed E-state index contributed by atoms with van der Waals surface area (Å²) in [6.07, 6.45) is 4.90. The number of benzene rings is 1. The Morgan fingerprint density at radius 1 is 1.09 bits per heavy atom. The Bertz CT molecular complexity index is 821. The predicted octanol–water partition coefficient (Wildman–Crippen LogP) is 3.82. The first-order valence-corrected chi connectivity index (χ1v) is 7.60. The first-order chi connectivity index (χ1) is 10.9. The van der Waals surface area contributed by atoms with Crippen molar-refractivity contribution in [3.05, 3.63) is 65.6 Å². The average molecular weight is 291 g/mol. The van der Waals surface area contributed by atoms with Gasteiger partial charge >= 0.3 is 0 Å². The number of aryl methyl sites for hydroxylation is 1. The Kier molecular flexibility index (Phi) is 3.35. The number of nitrogens with one attached hydrogen (secondary N) is 1. The van der Waals surface area contributed by atoms with E-state index in [4.69, 9.17) is 4.84 Å². The molecule has 3 aromatic rings. The molecule has 2 heterocycles. The molecule has 1 aromatic carbocycles. The maximum absolute atomic E-state index is 5.55. The Labute approximate surface area is 128 Å². The number of hydrogen-bond acceptors (Lipinski definition) is 3. The second kappa shape index (κ2) is 5.64. The Morgan fingerprint density at radius 3 is 2.91 bits per heavy atom. The zero-order valence-electron chi connectivity index (χ0n) is 12.2. The van der Waals surface area contributed by atoms with Crippen molar-refractivity contribution in [1.29, 1.82) is 0 Å². The lowest BCUT2D eigenvalue weighted by Gasteiger charge is -2.13. The van der Waals surface area contributed by atoms with Gasteiger partial charge in [0.2, 0.25) is 0 Å². The number of rotatable bonds is 3. The van der Waals surface area contributed by atoms with Gasteiger partial charge in [-0.3, -0.25) is 4.98 Å². The van der Waals surface area contributed by atoms with Crippen LogP contribution in [0.25, 0.3) is 10.9 Å². The maximum atomic E-state index is 5.55. The highest BCUT2D eigenvalue weighted by Gasteiger charge is 2.21. The van der Waals surface area contributed by atoms with Gasteiger partial charge in [0.05, 0.1) is 11.4 Å². The molecule has 0 radical (unpaired) electrons. The monoisotopic (exact) mass is 291 g/mol. The molecule has 4 rings (SSSR count). The Balaban J connectivity index is 1.63. The van der Waals surface area contributed by atoms with Gasteiger partial charge in [-0.1, -0.05) is 29.4 Å². The van der Waals surface area contributed by atoms with Gasteiger partial charge in [0.1, 0.15) is 0 Å². The molecule has 0 aliphatic heterocycles. The Hall–Kier alpha value is -2.62. The number of oxime groups is 1. The summed E-state index contributed by atoms with van der Waals surface area (Å²) in [6, 6.07) is 14.2. The van der Waals surface area contributed by atoms with Crippen LogP contribution in [0.2, 0.25) is 0 Å². The van der Waals surface area contributed by atoms with Crippen molar-refractivity contribution in [2.24, 2.45) is 5.16 Å². The van der Waals surface area contributed by atoms with Crippen LogP contribution in [0.15, 0.2) is 53.8 Å². The molecule has 0 saturated heterocycles. The number of fused-ring (bicyclic) bond motifs is 3. The largest absolute Gasteiger partial charge is 0.389 e. The summed E-state index contributed by atoms with van der Waals surface area (Å²) in [6.45, 7) is 0.405. The molecule has 1 N–H and O–H groups in total. The van der Waals surface area contributed by atoms with Crippen molar-refractivity contribution in [3.8, 4) is 0 Å². The van der Waals surface area contributed by atoms with E-state index in [2.05, 4.69) is 39.4 Å². The van der Waals surface area contributed by atoms with E-state index in [1.807, 2.05) is 18.2 Å². The number of hydrogen-bond donors (Lipinski definition) is 1. The highest BCUT2D eigenvalue weighted by atomic mass is 16.6. The molecule has 0 saturated carbocycles. The number of pyridine rings is 1. The van der Waals surface area contributed by atoms with E-state index in [0.29, 0.717) is 6.61 Å². The molecule has 0 spiro atoms. The quantitative estimate of drug-likeness (QED) is 0.746. The lowest BCUT2D eigenvalue weighted by atomic mass is 9.94. The molecule has 110 valence electrons. The number of H-pyrrole nitrogens is 1. The highest BCUT2D eigenvalue weighted by Crippen LogP contribution is 2.29. The lowest BCUT2D eigenvalue weighted by Crippen LogP contribution is -2.11. The number of nitrogens with zero attached hydrogens (tertiary/aromatic N) is 2. The fourth-order valence-electron chi connectivity index (χ4n) is 3.02. The van der Waals surface area contributed by atoms with Gasteiger partial charge in [-0.25, -0.2) is 0 Å². The van der Waals surface area contributed by atoms with Gasteiger partial charge in [-0.05, 0) is 37.5 Å². The van der Waals surface area contributed by atoms with E-state index >= 15 is 0 Å². The molecule has 0 unspecified atom stereocenters. The van der Waals surface area contributed by atoms with Crippen LogP contribution >= 0.6 is 0 Å². The van der Waals surface area contributed by atoms with Crippen molar-refractivity contribution >= 4 is 16.6 Å². The standard InChI is InChI=1S/C18H17N3O/c1-2-8-15-14(7-1)18-16(20-15)9-5-10-17(18)21-22-12-13-6-3-4-11-19-13/h1-4,6-8,11,20H,5,9-10,12H2. The van der Waals surface area contributed by atoms with Crippen molar-refractivity contribution in [3.63, 3.8) is 0 Å². The summed E-state index contributed by atoms with van der Waals surface area (Å²) in [5.41, 5.74) is 5.60. The smallest absolute Gasteiger partial charge is 0.159 e. The molecular formula is C18H17N3O. The van der Waals surface area contributed by atoms with Gasteiger partial charge < -0.3 is 9.82 Å². The normalized spacial score (nSPS) is 15.9. The minimum Gasteiger partial charge on any atom is -0.389 e. The van der Waals surface area contributed by atoms with Crippen LogP contribution in [0.5, 0.6) is 0 Å². The van der Waals surface area contributed by atoms with Crippen LogP contribution in [0.4, 0.5) is 0 Å². The third-order valence-electron chi connectivity index (χ3n) is 4.03. The second-order valence-corrected chi connectivity index (χ2v) is 5.51. The fraction of sp³-hybridized carbons (Fsp3) is 0.222. The van der Waals surface area contributed by atoms with Crippen molar-refractivity contribution in [1.82, 2.24) is 9.97 Å². The first kappa shape index (κ1) is 13.1. The van der Waals surface area contributed by atoms with Gasteiger partial charge in [0.25, 0.3) is 0 Å². The molecule has 0 amide bonds. The molecule has 4 nitrogen and oxygen atoms in total. The van der Waals surface area contributed by atoms with E-state index in [0.717, 1.165) is 30.7 Å². The summed E-state index contributed by atoms with van der Waals surface area (Å²) in [5.74, 6) is 0. The van der Waals surface area contributed by atoms with Crippen molar-refractivity contribution < 1.29 is 4.84 Å². The van der Waals surface area contributed by atoms with Crippen LogP contribution in [-0.4, -0.2) is 15.7 Å². The van der Waals surface area contributed by atoms with Crippen LogP contribution < -0.4 is 0 Å². The van der Waals surface area contributed by atoms with Gasteiger partial charge in [0, 0.05) is 28.4 Å². The van der Waals surface area contributed by atoms with Gasteiger partial charge in [-0.2, -0.15) is 0 Å². The predicted molar refractivity (Wildman–Crippen MR) is 86.8 cm³/mol. The van der Waals surface area contributed by atoms with Crippen molar-refractivity contribution in [2.45, 2.75) is 25.9 Å². The van der Waals surface area contributed by atoms with Crippen molar-refractivity contribution in [2.75, 3.05) is 0 Å². The van der Waals surface area contributed by atoms with E-state index < -0.39 is 0 Å². The Morgan fingerprint density at radius 2 is 2.00 bits per heavy atom.